The van der Waals surface area contributed by atoms with Crippen molar-refractivity contribution in [2.45, 2.75) is 6.92 Å². The molecule has 0 amide bonds. The van der Waals surface area contributed by atoms with Crippen LogP contribution in [0.2, 0.25) is 0 Å². The van der Waals surface area contributed by atoms with E-state index in [-0.39, 0.29) is 5.69 Å². The Bertz CT molecular complexity index is 351. The summed E-state index contributed by atoms with van der Waals surface area (Å²) in [5, 5.41) is 10.6. The molecule has 1 aromatic rings. The zero-order chi connectivity index (χ0) is 10.0. The molecule has 0 heterocycles. The van der Waals surface area contributed by atoms with E-state index < -0.39 is 4.92 Å². The predicted octanol–water partition coefficient (Wildman–Crippen LogP) is 2.67. The first kappa shape index (κ1) is 9.98. The molecular formula is C8H8BrNO3. The van der Waals surface area contributed by atoms with Crippen LogP contribution in [-0.2, 0) is 0 Å². The summed E-state index contributed by atoms with van der Waals surface area (Å²) in [6, 6.07) is 3.10. The number of rotatable bonds is 2. The molecule has 4 nitrogen and oxygen atoms in total. The number of ether oxygens (including phenoxy) is 1. The third-order valence-corrected chi connectivity index (χ3v) is 2.55. The second-order valence-corrected chi connectivity index (χ2v) is 3.36. The Balaban J connectivity index is 3.33. The molecule has 0 aliphatic rings. The van der Waals surface area contributed by atoms with Gasteiger partial charge in [-0.2, -0.15) is 0 Å². The highest BCUT2D eigenvalue weighted by Gasteiger charge is 2.14. The Kier molecular flexibility index (Phi) is 2.87. The summed E-state index contributed by atoms with van der Waals surface area (Å²) in [6.45, 7) is 1.68. The van der Waals surface area contributed by atoms with Gasteiger partial charge in [-0.15, -0.1) is 0 Å². The molecule has 0 aliphatic carbocycles. The molecule has 0 aliphatic heterocycles. The van der Waals surface area contributed by atoms with Crippen molar-refractivity contribution in [3.63, 3.8) is 0 Å². The van der Waals surface area contributed by atoms with Gasteiger partial charge >= 0.3 is 0 Å². The van der Waals surface area contributed by atoms with Crippen LogP contribution < -0.4 is 4.74 Å². The number of methoxy groups -OCH3 is 1. The predicted molar refractivity (Wildman–Crippen MR) is 52.1 cm³/mol. The number of nitro groups is 1. The summed E-state index contributed by atoms with van der Waals surface area (Å²) in [5.74, 6) is 0.476. The van der Waals surface area contributed by atoms with Crippen LogP contribution in [0.5, 0.6) is 5.75 Å². The van der Waals surface area contributed by atoms with Crippen molar-refractivity contribution in [2.75, 3.05) is 7.11 Å². The smallest absolute Gasteiger partial charge is 0.277 e. The average molecular weight is 246 g/mol. The second kappa shape index (κ2) is 3.74. The van der Waals surface area contributed by atoms with Crippen LogP contribution in [0.1, 0.15) is 5.56 Å². The highest BCUT2D eigenvalue weighted by atomic mass is 79.9. The van der Waals surface area contributed by atoms with E-state index in [9.17, 15) is 10.1 Å². The molecule has 0 aromatic heterocycles. The first-order valence-corrected chi connectivity index (χ1v) is 4.34. The summed E-state index contributed by atoms with van der Waals surface area (Å²) in [7, 11) is 1.47. The molecule has 1 aromatic carbocycles. The summed E-state index contributed by atoms with van der Waals surface area (Å²) >= 11 is 3.22. The molecule has 0 spiro atoms. The fourth-order valence-corrected chi connectivity index (χ4v) is 1.38. The van der Waals surface area contributed by atoms with Crippen molar-refractivity contribution in [3.05, 3.63) is 32.3 Å². The standard InChI is InChI=1S/C8H8BrNO3/c1-5-7(9)3-6(13-2)4-8(5)10(11)12/h3-4H,1-2H3. The summed E-state index contributed by atoms with van der Waals surface area (Å²) in [6.07, 6.45) is 0. The third-order valence-electron chi connectivity index (χ3n) is 1.72. The van der Waals surface area contributed by atoms with Gasteiger partial charge in [0.25, 0.3) is 5.69 Å². The Morgan fingerprint density at radius 2 is 2.15 bits per heavy atom. The van der Waals surface area contributed by atoms with Gasteiger partial charge in [0, 0.05) is 10.0 Å². The van der Waals surface area contributed by atoms with E-state index in [2.05, 4.69) is 15.9 Å². The van der Waals surface area contributed by atoms with Crippen molar-refractivity contribution in [2.24, 2.45) is 0 Å². The number of halogens is 1. The lowest BCUT2D eigenvalue weighted by Gasteiger charge is -2.03. The molecule has 0 saturated carbocycles. The van der Waals surface area contributed by atoms with Crippen molar-refractivity contribution < 1.29 is 9.66 Å². The van der Waals surface area contributed by atoms with Gasteiger partial charge in [-0.1, -0.05) is 15.9 Å². The molecule has 13 heavy (non-hydrogen) atoms. The number of nitrogens with zero attached hydrogens (tertiary/aromatic N) is 1. The van der Waals surface area contributed by atoms with Gasteiger partial charge in [0.1, 0.15) is 5.75 Å². The normalized spacial score (nSPS) is 9.77. The van der Waals surface area contributed by atoms with E-state index >= 15 is 0 Å². The van der Waals surface area contributed by atoms with Gasteiger partial charge in [0.15, 0.2) is 0 Å². The molecule has 5 heteroatoms. The minimum Gasteiger partial charge on any atom is -0.496 e. The summed E-state index contributed by atoms with van der Waals surface area (Å²) in [4.78, 5) is 10.1. The highest BCUT2D eigenvalue weighted by molar-refractivity contribution is 9.10. The fraction of sp³-hybridized carbons (Fsp3) is 0.250. The van der Waals surface area contributed by atoms with Crippen molar-refractivity contribution >= 4 is 21.6 Å². The first-order valence-electron chi connectivity index (χ1n) is 3.54. The minimum absolute atomic E-state index is 0.0613. The maximum absolute atomic E-state index is 10.6. The number of hydrogen-bond acceptors (Lipinski definition) is 3. The van der Waals surface area contributed by atoms with Gasteiger partial charge in [-0.3, -0.25) is 10.1 Å². The molecule has 70 valence electrons. The Morgan fingerprint density at radius 1 is 1.54 bits per heavy atom. The lowest BCUT2D eigenvalue weighted by molar-refractivity contribution is -0.385. The molecule has 1 rings (SSSR count). The van der Waals surface area contributed by atoms with Gasteiger partial charge in [0.05, 0.1) is 18.1 Å². The third kappa shape index (κ3) is 1.98. The molecule has 0 unspecified atom stereocenters. The number of nitro benzene ring substituents is 1. The average Bonchev–Trinajstić information content (AvgIpc) is 2.09. The maximum Gasteiger partial charge on any atom is 0.277 e. The van der Waals surface area contributed by atoms with E-state index in [1.165, 1.54) is 13.2 Å². The van der Waals surface area contributed by atoms with Crippen LogP contribution >= 0.6 is 15.9 Å². The van der Waals surface area contributed by atoms with Crippen LogP contribution in [0.25, 0.3) is 0 Å². The van der Waals surface area contributed by atoms with E-state index in [0.717, 1.165) is 0 Å². The fourth-order valence-electron chi connectivity index (χ4n) is 0.948. The molecule has 0 bridgehead atoms. The monoisotopic (exact) mass is 245 g/mol. The Labute approximate surface area is 83.8 Å². The van der Waals surface area contributed by atoms with E-state index in [0.29, 0.717) is 15.8 Å². The lowest BCUT2D eigenvalue weighted by Crippen LogP contribution is -1.94. The molecule has 0 atom stereocenters. The topological polar surface area (TPSA) is 52.4 Å². The van der Waals surface area contributed by atoms with Crippen molar-refractivity contribution in [1.29, 1.82) is 0 Å². The zero-order valence-electron chi connectivity index (χ0n) is 7.20. The van der Waals surface area contributed by atoms with Gasteiger partial charge in [-0.05, 0) is 13.0 Å². The van der Waals surface area contributed by atoms with Crippen LogP contribution in [0.3, 0.4) is 0 Å². The second-order valence-electron chi connectivity index (χ2n) is 2.51. The Hall–Kier alpha value is -1.10. The summed E-state index contributed by atoms with van der Waals surface area (Å²) in [5.41, 5.74) is 0.664. The quantitative estimate of drug-likeness (QED) is 0.595. The van der Waals surface area contributed by atoms with Crippen LogP contribution in [0.4, 0.5) is 5.69 Å². The van der Waals surface area contributed by atoms with Crippen molar-refractivity contribution in [1.82, 2.24) is 0 Å². The van der Waals surface area contributed by atoms with E-state index in [1.54, 1.807) is 13.0 Å². The van der Waals surface area contributed by atoms with Crippen LogP contribution in [0.15, 0.2) is 16.6 Å². The van der Waals surface area contributed by atoms with E-state index in [4.69, 9.17) is 4.74 Å². The van der Waals surface area contributed by atoms with Crippen LogP contribution in [0, 0.1) is 17.0 Å². The van der Waals surface area contributed by atoms with Gasteiger partial charge < -0.3 is 4.74 Å². The summed E-state index contributed by atoms with van der Waals surface area (Å²) < 4.78 is 5.59. The number of hydrogen-bond donors (Lipinski definition) is 0. The van der Waals surface area contributed by atoms with E-state index in [1.807, 2.05) is 0 Å². The molecular weight excluding hydrogens is 238 g/mol. The molecule has 0 N–H and O–H groups in total. The lowest BCUT2D eigenvalue weighted by atomic mass is 10.2. The first-order chi connectivity index (χ1) is 6.06. The van der Waals surface area contributed by atoms with Crippen molar-refractivity contribution in [3.8, 4) is 5.75 Å². The SMILES string of the molecule is COc1cc(Br)c(C)c([N+](=O)[O-])c1. The maximum atomic E-state index is 10.6. The largest absolute Gasteiger partial charge is 0.496 e. The minimum atomic E-state index is -0.428. The number of benzene rings is 1. The van der Waals surface area contributed by atoms with Gasteiger partial charge in [0.2, 0.25) is 0 Å². The molecule has 0 saturated heterocycles. The molecule has 0 fully saturated rings. The highest BCUT2D eigenvalue weighted by Crippen LogP contribution is 2.30. The Morgan fingerprint density at radius 3 is 2.62 bits per heavy atom. The van der Waals surface area contributed by atoms with Crippen LogP contribution in [-0.4, -0.2) is 12.0 Å². The molecule has 0 radical (unpaired) electrons. The van der Waals surface area contributed by atoms with Gasteiger partial charge in [-0.25, -0.2) is 0 Å². The zero-order valence-corrected chi connectivity index (χ0v) is 8.79.